The highest BCUT2D eigenvalue weighted by Gasteiger charge is 2.18. The van der Waals surface area contributed by atoms with Crippen LogP contribution >= 0.6 is 12.2 Å². The molecular formula is C14H20N2O3S2. The molecule has 0 spiro atoms. The molecule has 2 N–H and O–H groups in total. The van der Waals surface area contributed by atoms with Crippen molar-refractivity contribution in [3.05, 3.63) is 29.8 Å². The SMILES string of the molecule is NC(=S)c1cccc(OCCN2CCCS(=O)(=O)CC2)c1. The first kappa shape index (κ1) is 16.2. The molecule has 0 bridgehead atoms. The van der Waals surface area contributed by atoms with E-state index in [9.17, 15) is 8.42 Å². The van der Waals surface area contributed by atoms with Crippen LogP contribution in [0.15, 0.2) is 24.3 Å². The van der Waals surface area contributed by atoms with Gasteiger partial charge >= 0.3 is 0 Å². The van der Waals surface area contributed by atoms with E-state index in [-0.39, 0.29) is 5.75 Å². The molecule has 1 aliphatic heterocycles. The Labute approximate surface area is 131 Å². The lowest BCUT2D eigenvalue weighted by Crippen LogP contribution is -2.31. The normalized spacial score (nSPS) is 18.9. The maximum Gasteiger partial charge on any atom is 0.151 e. The average Bonchev–Trinajstić information content (AvgIpc) is 2.60. The first-order chi connectivity index (χ1) is 9.96. The third-order valence-electron chi connectivity index (χ3n) is 3.44. The molecule has 0 aliphatic carbocycles. The summed E-state index contributed by atoms with van der Waals surface area (Å²) in [4.78, 5) is 2.47. The molecule has 0 amide bonds. The van der Waals surface area contributed by atoms with Crippen LogP contribution in [0.3, 0.4) is 0 Å². The third kappa shape index (κ3) is 5.26. The summed E-state index contributed by atoms with van der Waals surface area (Å²) in [6, 6.07) is 7.36. The molecule has 0 atom stereocenters. The van der Waals surface area contributed by atoms with E-state index in [0.717, 1.165) is 17.9 Å². The van der Waals surface area contributed by atoms with E-state index >= 15 is 0 Å². The second kappa shape index (κ2) is 7.20. The molecule has 5 nitrogen and oxygen atoms in total. The summed E-state index contributed by atoms with van der Waals surface area (Å²) in [5.41, 5.74) is 6.36. The lowest BCUT2D eigenvalue weighted by molar-refractivity contribution is 0.219. The molecular weight excluding hydrogens is 308 g/mol. The van der Waals surface area contributed by atoms with Gasteiger partial charge in [0.2, 0.25) is 0 Å². The maximum atomic E-state index is 11.5. The molecule has 1 fully saturated rings. The monoisotopic (exact) mass is 328 g/mol. The molecule has 116 valence electrons. The van der Waals surface area contributed by atoms with Crippen LogP contribution in [0.2, 0.25) is 0 Å². The number of hydrogen-bond donors (Lipinski definition) is 1. The van der Waals surface area contributed by atoms with Gasteiger partial charge in [-0.05, 0) is 25.1 Å². The Morgan fingerprint density at radius 2 is 2.14 bits per heavy atom. The average molecular weight is 328 g/mol. The van der Waals surface area contributed by atoms with Crippen molar-refractivity contribution in [3.63, 3.8) is 0 Å². The Morgan fingerprint density at radius 3 is 2.90 bits per heavy atom. The van der Waals surface area contributed by atoms with Crippen molar-refractivity contribution in [1.82, 2.24) is 4.90 Å². The first-order valence-electron chi connectivity index (χ1n) is 6.92. The largest absolute Gasteiger partial charge is 0.492 e. The lowest BCUT2D eigenvalue weighted by atomic mass is 10.2. The molecule has 1 saturated heterocycles. The molecule has 0 aromatic heterocycles. The highest BCUT2D eigenvalue weighted by atomic mass is 32.2. The van der Waals surface area contributed by atoms with Crippen molar-refractivity contribution >= 4 is 27.0 Å². The zero-order valence-corrected chi connectivity index (χ0v) is 13.5. The summed E-state index contributed by atoms with van der Waals surface area (Å²) < 4.78 is 28.7. The number of thiocarbonyl (C=S) groups is 1. The predicted octanol–water partition coefficient (Wildman–Crippen LogP) is 0.820. The summed E-state index contributed by atoms with van der Waals surface area (Å²) in [6.07, 6.45) is 0.694. The summed E-state index contributed by atoms with van der Waals surface area (Å²) >= 11 is 4.93. The van der Waals surface area contributed by atoms with Crippen molar-refractivity contribution in [2.75, 3.05) is 37.7 Å². The summed E-state index contributed by atoms with van der Waals surface area (Å²) in [5.74, 6) is 1.26. The van der Waals surface area contributed by atoms with Gasteiger partial charge in [0.05, 0.1) is 11.5 Å². The number of benzene rings is 1. The highest BCUT2D eigenvalue weighted by molar-refractivity contribution is 7.91. The van der Waals surface area contributed by atoms with Crippen LogP contribution in [-0.2, 0) is 9.84 Å². The summed E-state index contributed by atoms with van der Waals surface area (Å²) in [6.45, 7) is 2.61. The van der Waals surface area contributed by atoms with Gasteiger partial charge in [-0.15, -0.1) is 0 Å². The number of ether oxygens (including phenoxy) is 1. The van der Waals surface area contributed by atoms with Crippen molar-refractivity contribution < 1.29 is 13.2 Å². The molecule has 0 unspecified atom stereocenters. The minimum absolute atomic E-state index is 0.240. The van der Waals surface area contributed by atoms with Gasteiger partial charge in [-0.25, -0.2) is 8.42 Å². The Hall–Kier alpha value is -1.18. The molecule has 0 radical (unpaired) electrons. The van der Waals surface area contributed by atoms with Crippen LogP contribution in [0.4, 0.5) is 0 Å². The fourth-order valence-electron chi connectivity index (χ4n) is 2.25. The van der Waals surface area contributed by atoms with Crippen molar-refractivity contribution in [2.24, 2.45) is 5.73 Å². The zero-order chi connectivity index (χ0) is 15.3. The van der Waals surface area contributed by atoms with E-state index in [4.69, 9.17) is 22.7 Å². The van der Waals surface area contributed by atoms with Crippen LogP contribution < -0.4 is 10.5 Å². The number of rotatable bonds is 5. The number of hydrogen-bond acceptors (Lipinski definition) is 5. The second-order valence-corrected chi connectivity index (χ2v) is 7.83. The Balaban J connectivity index is 1.81. The van der Waals surface area contributed by atoms with E-state index in [0.29, 0.717) is 36.9 Å². The van der Waals surface area contributed by atoms with E-state index < -0.39 is 9.84 Å². The van der Waals surface area contributed by atoms with E-state index in [2.05, 4.69) is 4.90 Å². The molecule has 1 aromatic rings. The van der Waals surface area contributed by atoms with Gasteiger partial charge in [0.25, 0.3) is 0 Å². The van der Waals surface area contributed by atoms with Crippen LogP contribution in [0.1, 0.15) is 12.0 Å². The molecule has 7 heteroatoms. The molecule has 0 saturated carbocycles. The standard InChI is InChI=1S/C14H20N2O3S2/c15-14(20)12-3-1-4-13(11-12)19-8-6-16-5-2-9-21(17,18)10-7-16/h1,3-4,11H,2,5-10H2,(H2,15,20). The molecule has 1 heterocycles. The predicted molar refractivity (Wildman–Crippen MR) is 87.5 cm³/mol. The van der Waals surface area contributed by atoms with Crippen LogP contribution in [0.25, 0.3) is 0 Å². The van der Waals surface area contributed by atoms with Crippen molar-refractivity contribution in [1.29, 1.82) is 0 Å². The number of sulfone groups is 1. The summed E-state index contributed by atoms with van der Waals surface area (Å²) in [5, 5.41) is 0. The van der Waals surface area contributed by atoms with Gasteiger partial charge in [0.15, 0.2) is 9.84 Å². The lowest BCUT2D eigenvalue weighted by Gasteiger charge is -2.19. The highest BCUT2D eigenvalue weighted by Crippen LogP contribution is 2.13. The Morgan fingerprint density at radius 1 is 1.33 bits per heavy atom. The van der Waals surface area contributed by atoms with Gasteiger partial charge in [-0.2, -0.15) is 0 Å². The van der Waals surface area contributed by atoms with Crippen LogP contribution in [-0.4, -0.2) is 56.1 Å². The fourth-order valence-corrected chi connectivity index (χ4v) is 3.68. The van der Waals surface area contributed by atoms with E-state index in [1.165, 1.54) is 0 Å². The zero-order valence-electron chi connectivity index (χ0n) is 11.8. The number of nitrogens with zero attached hydrogens (tertiary/aromatic N) is 1. The van der Waals surface area contributed by atoms with Gasteiger partial charge in [-0.1, -0.05) is 24.4 Å². The topological polar surface area (TPSA) is 72.6 Å². The van der Waals surface area contributed by atoms with E-state index in [1.54, 1.807) is 0 Å². The Kier molecular flexibility index (Phi) is 5.55. The molecule has 21 heavy (non-hydrogen) atoms. The number of nitrogens with two attached hydrogens (primary N) is 1. The maximum absolute atomic E-state index is 11.5. The van der Waals surface area contributed by atoms with Gasteiger partial charge < -0.3 is 10.5 Å². The third-order valence-corrected chi connectivity index (χ3v) is 5.39. The van der Waals surface area contributed by atoms with Gasteiger partial charge in [0, 0.05) is 18.7 Å². The first-order valence-corrected chi connectivity index (χ1v) is 9.15. The van der Waals surface area contributed by atoms with Gasteiger partial charge in [-0.3, -0.25) is 4.90 Å². The van der Waals surface area contributed by atoms with Crippen LogP contribution in [0, 0.1) is 0 Å². The van der Waals surface area contributed by atoms with Crippen LogP contribution in [0.5, 0.6) is 5.75 Å². The Bertz CT molecular complexity index is 602. The second-order valence-electron chi connectivity index (χ2n) is 5.09. The molecule has 1 aliphatic rings. The van der Waals surface area contributed by atoms with Crippen molar-refractivity contribution in [2.45, 2.75) is 6.42 Å². The fraction of sp³-hybridized carbons (Fsp3) is 0.500. The smallest absolute Gasteiger partial charge is 0.151 e. The molecule has 2 rings (SSSR count). The molecule has 1 aromatic carbocycles. The minimum atomic E-state index is -2.86. The summed E-state index contributed by atoms with van der Waals surface area (Å²) in [7, 11) is -2.86. The quantitative estimate of drug-likeness (QED) is 0.807. The van der Waals surface area contributed by atoms with Crippen molar-refractivity contribution in [3.8, 4) is 5.75 Å². The van der Waals surface area contributed by atoms with E-state index in [1.807, 2.05) is 24.3 Å². The van der Waals surface area contributed by atoms with Gasteiger partial charge in [0.1, 0.15) is 17.3 Å². The minimum Gasteiger partial charge on any atom is -0.492 e.